The molecule has 0 aliphatic rings. The van der Waals surface area contributed by atoms with Crippen molar-refractivity contribution >= 4 is 17.6 Å². The predicted molar refractivity (Wildman–Crippen MR) is 84.8 cm³/mol. The highest BCUT2D eigenvalue weighted by atomic mass is 19.1. The first-order valence-corrected chi connectivity index (χ1v) is 7.08. The molecule has 0 saturated heterocycles. The van der Waals surface area contributed by atoms with Crippen LogP contribution in [-0.2, 0) is 9.53 Å². The Bertz CT molecular complexity index is 772. The molecule has 1 N–H and O–H groups in total. The number of methoxy groups -OCH3 is 2. The molecule has 2 aromatic carbocycles. The number of benzene rings is 2. The van der Waals surface area contributed by atoms with Crippen LogP contribution in [0.5, 0.6) is 11.5 Å². The summed E-state index contributed by atoms with van der Waals surface area (Å²) in [7, 11) is 2.84. The second-order valence-electron chi connectivity index (χ2n) is 4.85. The molecule has 2 aromatic rings. The van der Waals surface area contributed by atoms with E-state index in [4.69, 9.17) is 14.2 Å². The van der Waals surface area contributed by atoms with Gasteiger partial charge in [-0.3, -0.25) is 4.79 Å². The molecule has 0 aliphatic carbocycles. The van der Waals surface area contributed by atoms with Crippen LogP contribution in [0.4, 0.5) is 14.5 Å². The van der Waals surface area contributed by atoms with Crippen molar-refractivity contribution in [3.05, 3.63) is 53.6 Å². The highest BCUT2D eigenvalue weighted by Gasteiger charge is 2.14. The summed E-state index contributed by atoms with van der Waals surface area (Å²) in [6.45, 7) is -0.672. The molecule has 0 fully saturated rings. The minimum absolute atomic E-state index is 0.112. The molecular weight excluding hydrogens is 336 g/mol. The van der Waals surface area contributed by atoms with Crippen LogP contribution in [0.25, 0.3) is 0 Å². The zero-order chi connectivity index (χ0) is 18.4. The number of amides is 1. The average molecular weight is 351 g/mol. The fraction of sp³-hybridized carbons (Fsp3) is 0.176. The van der Waals surface area contributed by atoms with Crippen LogP contribution in [0.15, 0.2) is 36.4 Å². The number of hydrogen-bond acceptors (Lipinski definition) is 5. The predicted octanol–water partition coefficient (Wildman–Crippen LogP) is 2.78. The standard InChI is InChI=1S/C17H15F2NO5/c1-23-12-5-10(6-13(8-12)24-2)17(22)25-9-16(21)20-15-7-11(18)3-4-14(15)19/h3-8H,9H2,1-2H3,(H,20,21). The van der Waals surface area contributed by atoms with E-state index in [-0.39, 0.29) is 11.3 Å². The Kier molecular flexibility index (Phi) is 5.89. The zero-order valence-corrected chi connectivity index (χ0v) is 13.5. The van der Waals surface area contributed by atoms with Gasteiger partial charge in [-0.2, -0.15) is 0 Å². The lowest BCUT2D eigenvalue weighted by atomic mass is 10.2. The number of esters is 1. The number of nitrogens with one attached hydrogen (secondary N) is 1. The van der Waals surface area contributed by atoms with Crippen molar-refractivity contribution in [2.24, 2.45) is 0 Å². The number of ether oxygens (including phenoxy) is 3. The molecule has 0 atom stereocenters. The van der Waals surface area contributed by atoms with Gasteiger partial charge in [0.15, 0.2) is 6.61 Å². The molecule has 0 aliphatic heterocycles. The molecule has 2 rings (SSSR count). The molecule has 132 valence electrons. The molecule has 0 heterocycles. The van der Waals surface area contributed by atoms with Crippen molar-refractivity contribution in [1.29, 1.82) is 0 Å². The second-order valence-corrected chi connectivity index (χ2v) is 4.85. The minimum atomic E-state index is -0.812. The van der Waals surface area contributed by atoms with Gasteiger partial charge in [-0.25, -0.2) is 13.6 Å². The fourth-order valence-corrected chi connectivity index (χ4v) is 1.92. The Balaban J connectivity index is 1.99. The van der Waals surface area contributed by atoms with Crippen LogP contribution >= 0.6 is 0 Å². The van der Waals surface area contributed by atoms with E-state index < -0.39 is 30.1 Å². The third-order valence-corrected chi connectivity index (χ3v) is 3.12. The second kappa shape index (κ2) is 8.09. The minimum Gasteiger partial charge on any atom is -0.497 e. The molecule has 0 unspecified atom stereocenters. The van der Waals surface area contributed by atoms with Crippen LogP contribution in [0.3, 0.4) is 0 Å². The van der Waals surface area contributed by atoms with Crippen molar-refractivity contribution in [1.82, 2.24) is 0 Å². The maximum atomic E-state index is 13.4. The largest absolute Gasteiger partial charge is 0.497 e. The first kappa shape index (κ1) is 18.2. The van der Waals surface area contributed by atoms with Gasteiger partial charge in [0.25, 0.3) is 5.91 Å². The topological polar surface area (TPSA) is 73.9 Å². The van der Waals surface area contributed by atoms with Gasteiger partial charge in [0.1, 0.15) is 23.1 Å². The van der Waals surface area contributed by atoms with Gasteiger partial charge in [-0.1, -0.05) is 0 Å². The lowest BCUT2D eigenvalue weighted by Crippen LogP contribution is -2.21. The van der Waals surface area contributed by atoms with E-state index in [1.807, 2.05) is 0 Å². The van der Waals surface area contributed by atoms with E-state index in [1.54, 1.807) is 6.07 Å². The molecule has 0 aromatic heterocycles. The molecule has 25 heavy (non-hydrogen) atoms. The first-order chi connectivity index (χ1) is 11.9. The van der Waals surface area contributed by atoms with Gasteiger partial charge in [-0.15, -0.1) is 0 Å². The summed E-state index contributed by atoms with van der Waals surface area (Å²) in [4.78, 5) is 23.7. The van der Waals surface area contributed by atoms with Crippen LogP contribution in [0.2, 0.25) is 0 Å². The van der Waals surface area contributed by atoms with Crippen LogP contribution in [0, 0.1) is 11.6 Å². The van der Waals surface area contributed by atoms with Crippen LogP contribution in [-0.4, -0.2) is 32.7 Å². The van der Waals surface area contributed by atoms with Gasteiger partial charge in [0.2, 0.25) is 0 Å². The van der Waals surface area contributed by atoms with E-state index in [0.717, 1.165) is 18.2 Å². The molecule has 0 bridgehead atoms. The summed E-state index contributed by atoms with van der Waals surface area (Å²) >= 11 is 0. The smallest absolute Gasteiger partial charge is 0.338 e. The number of carbonyl (C=O) groups is 2. The number of halogens is 2. The Labute approximate surface area is 142 Å². The van der Waals surface area contributed by atoms with E-state index in [1.165, 1.54) is 26.4 Å². The van der Waals surface area contributed by atoms with Crippen LogP contribution in [0.1, 0.15) is 10.4 Å². The Hall–Kier alpha value is -3.16. The lowest BCUT2D eigenvalue weighted by Gasteiger charge is -2.09. The maximum Gasteiger partial charge on any atom is 0.338 e. The number of hydrogen-bond donors (Lipinski definition) is 1. The van der Waals surface area contributed by atoms with Gasteiger partial charge in [-0.05, 0) is 24.3 Å². The quantitative estimate of drug-likeness (QED) is 0.810. The average Bonchev–Trinajstić information content (AvgIpc) is 2.62. The zero-order valence-electron chi connectivity index (χ0n) is 13.5. The molecule has 0 spiro atoms. The first-order valence-electron chi connectivity index (χ1n) is 7.08. The summed E-state index contributed by atoms with van der Waals surface area (Å²) in [5.41, 5.74) is -0.231. The normalized spacial score (nSPS) is 10.1. The summed E-state index contributed by atoms with van der Waals surface area (Å²) in [6, 6.07) is 7.00. The summed E-state index contributed by atoms with van der Waals surface area (Å²) < 4.78 is 41.4. The number of carbonyl (C=O) groups excluding carboxylic acids is 2. The van der Waals surface area contributed by atoms with Crippen molar-refractivity contribution in [2.75, 3.05) is 26.1 Å². The number of rotatable bonds is 6. The third kappa shape index (κ3) is 4.90. The Morgan fingerprint density at radius 1 is 1.00 bits per heavy atom. The Morgan fingerprint density at radius 3 is 2.24 bits per heavy atom. The lowest BCUT2D eigenvalue weighted by molar-refractivity contribution is -0.119. The van der Waals surface area contributed by atoms with E-state index in [0.29, 0.717) is 11.5 Å². The molecule has 0 radical (unpaired) electrons. The van der Waals surface area contributed by atoms with Crippen molar-refractivity contribution < 1.29 is 32.6 Å². The molecule has 1 amide bonds. The highest BCUT2D eigenvalue weighted by Crippen LogP contribution is 2.23. The van der Waals surface area contributed by atoms with Crippen molar-refractivity contribution in [2.45, 2.75) is 0 Å². The fourth-order valence-electron chi connectivity index (χ4n) is 1.92. The molecule has 8 heteroatoms. The van der Waals surface area contributed by atoms with Crippen LogP contribution < -0.4 is 14.8 Å². The SMILES string of the molecule is COc1cc(OC)cc(C(=O)OCC(=O)Nc2cc(F)ccc2F)c1. The van der Waals surface area contributed by atoms with Crippen molar-refractivity contribution in [3.8, 4) is 11.5 Å². The van der Waals surface area contributed by atoms with Gasteiger partial charge < -0.3 is 19.5 Å². The monoisotopic (exact) mass is 351 g/mol. The molecular formula is C17H15F2NO5. The van der Waals surface area contributed by atoms with E-state index in [9.17, 15) is 18.4 Å². The van der Waals surface area contributed by atoms with Gasteiger partial charge in [0.05, 0.1) is 25.5 Å². The summed E-state index contributed by atoms with van der Waals surface area (Å²) in [6.07, 6.45) is 0. The summed E-state index contributed by atoms with van der Waals surface area (Å²) in [5, 5.41) is 2.12. The Morgan fingerprint density at radius 2 is 1.64 bits per heavy atom. The van der Waals surface area contributed by atoms with Gasteiger partial charge in [0, 0.05) is 12.1 Å². The van der Waals surface area contributed by atoms with E-state index in [2.05, 4.69) is 5.32 Å². The maximum absolute atomic E-state index is 13.4. The van der Waals surface area contributed by atoms with E-state index >= 15 is 0 Å². The van der Waals surface area contributed by atoms with Crippen molar-refractivity contribution in [3.63, 3.8) is 0 Å². The summed E-state index contributed by atoms with van der Waals surface area (Å²) in [5.74, 6) is -2.38. The number of anilines is 1. The molecule has 6 nitrogen and oxygen atoms in total. The van der Waals surface area contributed by atoms with Gasteiger partial charge >= 0.3 is 5.97 Å². The molecule has 0 saturated carbocycles. The third-order valence-electron chi connectivity index (χ3n) is 3.12. The highest BCUT2D eigenvalue weighted by molar-refractivity contribution is 5.95.